The molecule has 0 amide bonds. The fraction of sp³-hybridized carbons (Fsp3) is 0.222. The average molecular weight is 226 g/mol. The number of hydrogen-bond donors (Lipinski definition) is 3. The lowest BCUT2D eigenvalue weighted by atomic mass is 10.1. The largest absolute Gasteiger partial charge is 0.507 e. The van der Waals surface area contributed by atoms with E-state index in [2.05, 4.69) is 0 Å². The molecule has 0 saturated heterocycles. The third-order valence-electron chi connectivity index (χ3n) is 2.03. The number of phenols is 1. The smallest absolute Gasteiger partial charge is 0.303 e. The van der Waals surface area contributed by atoms with Crippen LogP contribution in [0.1, 0.15) is 12.0 Å². The molecule has 16 heavy (non-hydrogen) atoms. The van der Waals surface area contributed by atoms with Gasteiger partial charge in [0.25, 0.3) is 5.69 Å². The number of carboxylic acid groups (broad SMARTS) is 1. The van der Waals surface area contributed by atoms with Crippen LogP contribution in [0.4, 0.5) is 11.4 Å². The Morgan fingerprint density at radius 1 is 1.50 bits per heavy atom. The van der Waals surface area contributed by atoms with Gasteiger partial charge in [-0.3, -0.25) is 14.9 Å². The third kappa shape index (κ3) is 2.59. The molecule has 0 aliphatic rings. The first-order valence-electron chi connectivity index (χ1n) is 4.39. The SMILES string of the molecule is Nc1cc(CCC(=O)O)c(O)cc1[N+](=O)[O-]. The molecule has 0 aliphatic carbocycles. The Morgan fingerprint density at radius 3 is 2.62 bits per heavy atom. The molecule has 0 aliphatic heterocycles. The highest BCUT2D eigenvalue weighted by Gasteiger charge is 2.16. The van der Waals surface area contributed by atoms with Crippen molar-refractivity contribution in [2.45, 2.75) is 12.8 Å². The van der Waals surface area contributed by atoms with Crippen molar-refractivity contribution in [3.63, 3.8) is 0 Å². The van der Waals surface area contributed by atoms with Gasteiger partial charge < -0.3 is 15.9 Å². The van der Waals surface area contributed by atoms with Crippen molar-refractivity contribution in [1.82, 2.24) is 0 Å². The van der Waals surface area contributed by atoms with E-state index in [-0.39, 0.29) is 29.8 Å². The first kappa shape index (κ1) is 11.8. The Hall–Kier alpha value is -2.31. The molecular weight excluding hydrogens is 216 g/mol. The molecule has 7 heteroatoms. The standard InChI is InChI=1S/C9H10N2O5/c10-6-3-5(1-2-9(13)14)8(12)4-7(6)11(15)16/h3-4,12H,1-2,10H2,(H,13,14). The summed E-state index contributed by atoms with van der Waals surface area (Å²) in [6, 6.07) is 2.14. The van der Waals surface area contributed by atoms with Gasteiger partial charge >= 0.3 is 5.97 Å². The third-order valence-corrected chi connectivity index (χ3v) is 2.03. The molecule has 0 atom stereocenters. The van der Waals surface area contributed by atoms with Gasteiger partial charge in [-0.2, -0.15) is 0 Å². The number of rotatable bonds is 4. The Balaban J connectivity index is 3.01. The van der Waals surface area contributed by atoms with Gasteiger partial charge in [0, 0.05) is 6.42 Å². The van der Waals surface area contributed by atoms with Crippen molar-refractivity contribution < 1.29 is 19.9 Å². The number of hydrogen-bond acceptors (Lipinski definition) is 5. The molecule has 86 valence electrons. The maximum atomic E-state index is 10.5. The monoisotopic (exact) mass is 226 g/mol. The van der Waals surface area contributed by atoms with Crippen molar-refractivity contribution >= 4 is 17.3 Å². The molecular formula is C9H10N2O5. The maximum absolute atomic E-state index is 10.5. The van der Waals surface area contributed by atoms with Crippen molar-refractivity contribution in [1.29, 1.82) is 0 Å². The summed E-state index contributed by atoms with van der Waals surface area (Å²) < 4.78 is 0. The number of carboxylic acids is 1. The fourth-order valence-corrected chi connectivity index (χ4v) is 1.24. The number of phenolic OH excluding ortho intramolecular Hbond substituents is 1. The molecule has 7 nitrogen and oxygen atoms in total. The highest BCUT2D eigenvalue weighted by Crippen LogP contribution is 2.30. The molecule has 0 bridgehead atoms. The number of nitro benzene ring substituents is 1. The molecule has 1 aromatic carbocycles. The van der Waals surface area contributed by atoms with E-state index in [0.29, 0.717) is 0 Å². The molecule has 0 unspecified atom stereocenters. The van der Waals surface area contributed by atoms with Crippen molar-refractivity contribution in [3.8, 4) is 5.75 Å². The Labute approximate surface area is 90.3 Å². The lowest BCUT2D eigenvalue weighted by Gasteiger charge is -2.04. The van der Waals surface area contributed by atoms with E-state index in [4.69, 9.17) is 10.8 Å². The van der Waals surface area contributed by atoms with Crippen LogP contribution in [0.15, 0.2) is 12.1 Å². The van der Waals surface area contributed by atoms with Crippen LogP contribution in [-0.4, -0.2) is 21.1 Å². The first-order chi connectivity index (χ1) is 7.41. The molecule has 1 aromatic rings. The van der Waals surface area contributed by atoms with Gasteiger partial charge in [0.2, 0.25) is 0 Å². The zero-order valence-corrected chi connectivity index (χ0v) is 8.21. The summed E-state index contributed by atoms with van der Waals surface area (Å²) in [5.74, 6) is -1.33. The van der Waals surface area contributed by atoms with Crippen LogP contribution >= 0.6 is 0 Å². The number of carbonyl (C=O) groups is 1. The number of aryl methyl sites for hydroxylation is 1. The summed E-state index contributed by atoms with van der Waals surface area (Å²) in [6.07, 6.45) is -0.103. The number of anilines is 1. The highest BCUT2D eigenvalue weighted by atomic mass is 16.6. The minimum absolute atomic E-state index is 0.0728. The zero-order valence-electron chi connectivity index (χ0n) is 8.21. The van der Waals surface area contributed by atoms with Gasteiger partial charge in [-0.05, 0) is 18.1 Å². The summed E-state index contributed by atoms with van der Waals surface area (Å²) in [5, 5.41) is 28.4. The quantitative estimate of drug-likeness (QED) is 0.303. The Morgan fingerprint density at radius 2 is 2.12 bits per heavy atom. The molecule has 0 spiro atoms. The zero-order chi connectivity index (χ0) is 12.3. The number of aliphatic carboxylic acids is 1. The lowest BCUT2D eigenvalue weighted by Crippen LogP contribution is -2.01. The average Bonchev–Trinajstić information content (AvgIpc) is 2.18. The van der Waals surface area contributed by atoms with Crippen molar-refractivity contribution in [2.24, 2.45) is 0 Å². The van der Waals surface area contributed by atoms with E-state index in [1.54, 1.807) is 0 Å². The summed E-state index contributed by atoms with van der Waals surface area (Å²) >= 11 is 0. The highest BCUT2D eigenvalue weighted by molar-refractivity contribution is 5.68. The van der Waals surface area contributed by atoms with Gasteiger partial charge in [0.1, 0.15) is 11.4 Å². The fourth-order valence-electron chi connectivity index (χ4n) is 1.24. The maximum Gasteiger partial charge on any atom is 0.303 e. The number of benzene rings is 1. The summed E-state index contributed by atoms with van der Waals surface area (Å²) in [5.41, 5.74) is 5.19. The predicted molar refractivity (Wildman–Crippen MR) is 55.1 cm³/mol. The number of nitrogens with zero attached hydrogens (tertiary/aromatic N) is 1. The molecule has 0 saturated carbocycles. The van der Waals surface area contributed by atoms with Crippen LogP contribution in [0.3, 0.4) is 0 Å². The van der Waals surface area contributed by atoms with Crippen LogP contribution in [0.25, 0.3) is 0 Å². The first-order valence-corrected chi connectivity index (χ1v) is 4.39. The van der Waals surface area contributed by atoms with E-state index in [9.17, 15) is 20.0 Å². The van der Waals surface area contributed by atoms with Gasteiger partial charge in [0.05, 0.1) is 11.0 Å². The molecule has 0 fully saturated rings. The Bertz CT molecular complexity index is 444. The molecule has 4 N–H and O–H groups in total. The van der Waals surface area contributed by atoms with E-state index in [1.807, 2.05) is 0 Å². The van der Waals surface area contributed by atoms with Crippen molar-refractivity contribution in [2.75, 3.05) is 5.73 Å². The Kier molecular flexibility index (Phi) is 3.29. The van der Waals surface area contributed by atoms with Gasteiger partial charge in [-0.25, -0.2) is 0 Å². The van der Waals surface area contributed by atoms with E-state index in [1.165, 1.54) is 6.07 Å². The van der Waals surface area contributed by atoms with E-state index >= 15 is 0 Å². The second-order valence-corrected chi connectivity index (χ2v) is 3.19. The second-order valence-electron chi connectivity index (χ2n) is 3.19. The lowest BCUT2D eigenvalue weighted by molar-refractivity contribution is -0.384. The predicted octanol–water partition coefficient (Wildman–Crippen LogP) is 0.900. The van der Waals surface area contributed by atoms with Crippen LogP contribution in [0.5, 0.6) is 5.75 Å². The van der Waals surface area contributed by atoms with Crippen LogP contribution < -0.4 is 5.73 Å². The number of nitrogens with two attached hydrogens (primary N) is 1. The molecule has 0 aromatic heterocycles. The second kappa shape index (κ2) is 4.47. The van der Waals surface area contributed by atoms with E-state index < -0.39 is 16.6 Å². The van der Waals surface area contributed by atoms with Crippen LogP contribution in [0, 0.1) is 10.1 Å². The van der Waals surface area contributed by atoms with Crippen LogP contribution in [0.2, 0.25) is 0 Å². The van der Waals surface area contributed by atoms with Gasteiger partial charge in [-0.1, -0.05) is 0 Å². The molecule has 0 radical (unpaired) electrons. The van der Waals surface area contributed by atoms with E-state index in [0.717, 1.165) is 6.07 Å². The number of aromatic hydroxyl groups is 1. The van der Waals surface area contributed by atoms with Crippen LogP contribution in [-0.2, 0) is 11.2 Å². The summed E-state index contributed by atoms with van der Waals surface area (Å²) in [4.78, 5) is 20.1. The number of nitro groups is 1. The summed E-state index contributed by atoms with van der Waals surface area (Å²) in [7, 11) is 0. The summed E-state index contributed by atoms with van der Waals surface area (Å²) in [6.45, 7) is 0. The molecule has 1 rings (SSSR count). The molecule has 0 heterocycles. The van der Waals surface area contributed by atoms with Gasteiger partial charge in [0.15, 0.2) is 0 Å². The topological polar surface area (TPSA) is 127 Å². The van der Waals surface area contributed by atoms with Gasteiger partial charge in [-0.15, -0.1) is 0 Å². The minimum atomic E-state index is -1.02. The normalized spacial score (nSPS) is 10.0. The minimum Gasteiger partial charge on any atom is -0.507 e. The van der Waals surface area contributed by atoms with Crippen molar-refractivity contribution in [3.05, 3.63) is 27.8 Å². The number of nitrogen functional groups attached to an aromatic ring is 1.